The van der Waals surface area contributed by atoms with E-state index in [2.05, 4.69) is 23.4 Å². The molecule has 2 N–H and O–H groups in total. The third-order valence-electron chi connectivity index (χ3n) is 3.52. The molecule has 0 saturated carbocycles. The number of nitrogens with two attached hydrogens (primary N) is 1. The average molecular weight is 247 g/mol. The van der Waals surface area contributed by atoms with Gasteiger partial charge in [0.05, 0.1) is 12.0 Å². The number of hydrogen-bond acceptors (Lipinski definition) is 3. The zero-order valence-electron chi connectivity index (χ0n) is 11.5. The molecule has 4 heteroatoms. The first-order valence-corrected chi connectivity index (χ1v) is 6.36. The van der Waals surface area contributed by atoms with Gasteiger partial charge in [-0.15, -0.1) is 0 Å². The molecule has 2 aromatic rings. The van der Waals surface area contributed by atoms with Crippen molar-refractivity contribution in [1.29, 1.82) is 0 Å². The highest BCUT2D eigenvalue weighted by Crippen LogP contribution is 2.26. The van der Waals surface area contributed by atoms with Gasteiger partial charge in [0.1, 0.15) is 17.6 Å². The number of furan rings is 1. The van der Waals surface area contributed by atoms with Crippen LogP contribution in [0.2, 0.25) is 0 Å². The van der Waals surface area contributed by atoms with Crippen LogP contribution in [0.25, 0.3) is 0 Å². The van der Waals surface area contributed by atoms with Gasteiger partial charge in [-0.1, -0.05) is 6.92 Å². The maximum atomic E-state index is 6.26. The first-order valence-electron chi connectivity index (χ1n) is 6.36. The van der Waals surface area contributed by atoms with Crippen molar-refractivity contribution in [3.8, 4) is 0 Å². The Morgan fingerprint density at radius 3 is 2.50 bits per heavy atom. The minimum atomic E-state index is 0.0165. The van der Waals surface area contributed by atoms with Crippen molar-refractivity contribution in [2.75, 3.05) is 0 Å². The molecular weight excluding hydrogens is 226 g/mol. The van der Waals surface area contributed by atoms with Gasteiger partial charge in [0, 0.05) is 11.7 Å². The average Bonchev–Trinajstić information content (AvgIpc) is 2.90. The van der Waals surface area contributed by atoms with Crippen LogP contribution in [0.4, 0.5) is 0 Å². The van der Waals surface area contributed by atoms with Crippen LogP contribution < -0.4 is 5.73 Å². The Bertz CT molecular complexity index is 527. The standard InChI is InChI=1S/C14H21N3O/c1-5-12(15)14(13-7-6-9(2)18-13)17-8-16-10(3)11(17)4/h6-8,12,14H,5,15H2,1-4H3. The lowest BCUT2D eigenvalue weighted by Crippen LogP contribution is -2.32. The zero-order chi connectivity index (χ0) is 13.3. The number of nitrogens with zero attached hydrogens (tertiary/aromatic N) is 2. The Kier molecular flexibility index (Phi) is 3.57. The van der Waals surface area contributed by atoms with Crippen molar-refractivity contribution in [1.82, 2.24) is 9.55 Å². The normalized spacial score (nSPS) is 14.7. The summed E-state index contributed by atoms with van der Waals surface area (Å²) in [6.07, 6.45) is 2.74. The summed E-state index contributed by atoms with van der Waals surface area (Å²) >= 11 is 0. The van der Waals surface area contributed by atoms with Crippen molar-refractivity contribution in [2.24, 2.45) is 5.73 Å². The van der Waals surface area contributed by atoms with Crippen LogP contribution >= 0.6 is 0 Å². The smallest absolute Gasteiger partial charge is 0.128 e. The van der Waals surface area contributed by atoms with Gasteiger partial charge in [-0.3, -0.25) is 0 Å². The van der Waals surface area contributed by atoms with Gasteiger partial charge in [0.15, 0.2) is 0 Å². The molecule has 0 radical (unpaired) electrons. The quantitative estimate of drug-likeness (QED) is 0.903. The molecule has 2 unspecified atom stereocenters. The van der Waals surface area contributed by atoms with E-state index in [1.165, 1.54) is 0 Å². The monoisotopic (exact) mass is 247 g/mol. The van der Waals surface area contributed by atoms with E-state index in [0.29, 0.717) is 0 Å². The van der Waals surface area contributed by atoms with Gasteiger partial charge in [-0.2, -0.15) is 0 Å². The summed E-state index contributed by atoms with van der Waals surface area (Å²) in [4.78, 5) is 4.35. The molecule has 98 valence electrons. The fourth-order valence-corrected chi connectivity index (χ4v) is 2.19. The number of imidazole rings is 1. The van der Waals surface area contributed by atoms with Gasteiger partial charge in [0.2, 0.25) is 0 Å². The molecular formula is C14H21N3O. The van der Waals surface area contributed by atoms with Crippen LogP contribution in [0.3, 0.4) is 0 Å². The van der Waals surface area contributed by atoms with Crippen LogP contribution in [0, 0.1) is 20.8 Å². The highest BCUT2D eigenvalue weighted by molar-refractivity contribution is 5.18. The number of aromatic nitrogens is 2. The van der Waals surface area contributed by atoms with Crippen molar-refractivity contribution < 1.29 is 4.42 Å². The van der Waals surface area contributed by atoms with E-state index in [1.807, 2.05) is 32.3 Å². The molecule has 0 aliphatic heterocycles. The summed E-state index contributed by atoms with van der Waals surface area (Å²) in [7, 11) is 0. The van der Waals surface area contributed by atoms with Gasteiger partial charge in [0.25, 0.3) is 0 Å². The Labute approximate surface area is 108 Å². The minimum Gasteiger partial charge on any atom is -0.464 e. The molecule has 4 nitrogen and oxygen atoms in total. The van der Waals surface area contributed by atoms with Crippen LogP contribution in [0.1, 0.15) is 42.3 Å². The second kappa shape index (κ2) is 4.98. The SMILES string of the molecule is CCC(N)C(c1ccc(C)o1)n1cnc(C)c1C. The maximum absolute atomic E-state index is 6.26. The lowest BCUT2D eigenvalue weighted by molar-refractivity contribution is 0.361. The van der Waals surface area contributed by atoms with Crippen LogP contribution in [0.15, 0.2) is 22.9 Å². The largest absolute Gasteiger partial charge is 0.464 e. The molecule has 2 aromatic heterocycles. The highest BCUT2D eigenvalue weighted by Gasteiger charge is 2.25. The molecule has 0 bridgehead atoms. The van der Waals surface area contributed by atoms with E-state index >= 15 is 0 Å². The first kappa shape index (κ1) is 12.9. The second-order valence-corrected chi connectivity index (χ2v) is 4.79. The second-order valence-electron chi connectivity index (χ2n) is 4.79. The summed E-state index contributed by atoms with van der Waals surface area (Å²) in [6.45, 7) is 8.11. The minimum absolute atomic E-state index is 0.0165. The van der Waals surface area contributed by atoms with Crippen molar-refractivity contribution in [3.63, 3.8) is 0 Å². The molecule has 18 heavy (non-hydrogen) atoms. The highest BCUT2D eigenvalue weighted by atomic mass is 16.3. The third kappa shape index (κ3) is 2.20. The van der Waals surface area contributed by atoms with Gasteiger partial charge >= 0.3 is 0 Å². The number of rotatable bonds is 4. The van der Waals surface area contributed by atoms with Crippen LogP contribution in [-0.4, -0.2) is 15.6 Å². The Morgan fingerprint density at radius 1 is 1.33 bits per heavy atom. The van der Waals surface area contributed by atoms with Gasteiger partial charge < -0.3 is 14.7 Å². The zero-order valence-corrected chi connectivity index (χ0v) is 11.5. The fourth-order valence-electron chi connectivity index (χ4n) is 2.19. The number of hydrogen-bond donors (Lipinski definition) is 1. The van der Waals surface area contributed by atoms with Crippen LogP contribution in [-0.2, 0) is 0 Å². The molecule has 0 aliphatic carbocycles. The molecule has 2 heterocycles. The Hall–Kier alpha value is -1.55. The molecule has 0 aliphatic rings. The van der Waals surface area contributed by atoms with E-state index in [-0.39, 0.29) is 12.1 Å². The van der Waals surface area contributed by atoms with Crippen molar-refractivity contribution in [3.05, 3.63) is 41.4 Å². The predicted molar refractivity (Wildman–Crippen MR) is 71.6 cm³/mol. The van der Waals surface area contributed by atoms with E-state index in [4.69, 9.17) is 10.2 Å². The molecule has 0 fully saturated rings. The molecule has 2 atom stereocenters. The van der Waals surface area contributed by atoms with Crippen molar-refractivity contribution >= 4 is 0 Å². The molecule has 2 rings (SSSR count). The van der Waals surface area contributed by atoms with Crippen molar-refractivity contribution in [2.45, 2.75) is 46.2 Å². The Morgan fingerprint density at radius 2 is 2.06 bits per heavy atom. The molecule has 0 aromatic carbocycles. The molecule has 0 saturated heterocycles. The summed E-state index contributed by atoms with van der Waals surface area (Å²) in [5.41, 5.74) is 8.43. The Balaban J connectivity index is 2.46. The maximum Gasteiger partial charge on any atom is 0.128 e. The summed E-state index contributed by atoms with van der Waals surface area (Å²) in [6, 6.07) is 4.02. The molecule has 0 amide bonds. The first-order chi connectivity index (χ1) is 8.54. The lowest BCUT2D eigenvalue weighted by atomic mass is 10.0. The van der Waals surface area contributed by atoms with Crippen LogP contribution in [0.5, 0.6) is 0 Å². The summed E-state index contributed by atoms with van der Waals surface area (Å²) in [5, 5.41) is 0. The summed E-state index contributed by atoms with van der Waals surface area (Å²) < 4.78 is 7.87. The summed E-state index contributed by atoms with van der Waals surface area (Å²) in [5.74, 6) is 1.81. The van der Waals surface area contributed by atoms with E-state index in [0.717, 1.165) is 29.3 Å². The van der Waals surface area contributed by atoms with E-state index < -0.39 is 0 Å². The fraction of sp³-hybridized carbons (Fsp3) is 0.500. The lowest BCUT2D eigenvalue weighted by Gasteiger charge is -2.23. The third-order valence-corrected chi connectivity index (χ3v) is 3.52. The molecule has 0 spiro atoms. The predicted octanol–water partition coefficient (Wildman–Crippen LogP) is 2.73. The van der Waals surface area contributed by atoms with E-state index in [1.54, 1.807) is 0 Å². The topological polar surface area (TPSA) is 57.0 Å². The van der Waals surface area contributed by atoms with E-state index in [9.17, 15) is 0 Å². The van der Waals surface area contributed by atoms with Gasteiger partial charge in [-0.25, -0.2) is 4.98 Å². The van der Waals surface area contributed by atoms with Gasteiger partial charge in [-0.05, 0) is 39.3 Å². The number of aryl methyl sites for hydroxylation is 2.